The lowest BCUT2D eigenvalue weighted by molar-refractivity contribution is 0.219. The SMILES string of the molecule is OC(c1ccc(F)cc1I)c1cccc(Cl)c1Cl. The molecule has 0 saturated carbocycles. The molecule has 94 valence electrons. The zero-order valence-corrected chi connectivity index (χ0v) is 12.7. The van der Waals surface area contributed by atoms with Gasteiger partial charge in [0.05, 0.1) is 10.0 Å². The van der Waals surface area contributed by atoms with Gasteiger partial charge in [0.1, 0.15) is 11.9 Å². The van der Waals surface area contributed by atoms with Gasteiger partial charge in [-0.1, -0.05) is 41.4 Å². The van der Waals surface area contributed by atoms with Gasteiger partial charge < -0.3 is 5.11 Å². The van der Waals surface area contributed by atoms with Crippen LogP contribution in [-0.4, -0.2) is 5.11 Å². The van der Waals surface area contributed by atoms with Crippen LogP contribution < -0.4 is 0 Å². The van der Waals surface area contributed by atoms with Crippen molar-refractivity contribution in [3.05, 3.63) is 67.0 Å². The first-order valence-electron chi connectivity index (χ1n) is 5.07. The Labute approximate surface area is 128 Å². The van der Waals surface area contributed by atoms with Crippen molar-refractivity contribution in [1.82, 2.24) is 0 Å². The highest BCUT2D eigenvalue weighted by Gasteiger charge is 2.18. The van der Waals surface area contributed by atoms with Crippen molar-refractivity contribution < 1.29 is 9.50 Å². The third-order valence-electron chi connectivity index (χ3n) is 2.53. The van der Waals surface area contributed by atoms with Gasteiger partial charge in [-0.05, 0) is 46.4 Å². The van der Waals surface area contributed by atoms with E-state index in [2.05, 4.69) is 0 Å². The van der Waals surface area contributed by atoms with E-state index in [0.29, 0.717) is 24.7 Å². The average Bonchev–Trinajstić information content (AvgIpc) is 2.32. The van der Waals surface area contributed by atoms with Crippen LogP contribution in [0.15, 0.2) is 36.4 Å². The minimum Gasteiger partial charge on any atom is -0.384 e. The molecule has 1 nitrogen and oxygen atoms in total. The zero-order valence-electron chi connectivity index (χ0n) is 9.00. The van der Waals surface area contributed by atoms with Gasteiger partial charge in [0.25, 0.3) is 0 Å². The zero-order chi connectivity index (χ0) is 13.3. The van der Waals surface area contributed by atoms with Gasteiger partial charge in [-0.15, -0.1) is 0 Å². The summed E-state index contributed by atoms with van der Waals surface area (Å²) in [6, 6.07) is 9.26. The molecule has 5 heteroatoms. The highest BCUT2D eigenvalue weighted by Crippen LogP contribution is 2.34. The molecule has 2 aromatic rings. The number of halogens is 4. The molecule has 2 rings (SSSR count). The van der Waals surface area contributed by atoms with Gasteiger partial charge in [0.15, 0.2) is 0 Å². The largest absolute Gasteiger partial charge is 0.384 e. The van der Waals surface area contributed by atoms with Crippen molar-refractivity contribution in [2.75, 3.05) is 0 Å². The summed E-state index contributed by atoms with van der Waals surface area (Å²) in [5.41, 5.74) is 1.11. The normalized spacial score (nSPS) is 12.5. The van der Waals surface area contributed by atoms with E-state index in [0.717, 1.165) is 0 Å². The highest BCUT2D eigenvalue weighted by molar-refractivity contribution is 14.1. The van der Waals surface area contributed by atoms with Gasteiger partial charge in [-0.25, -0.2) is 4.39 Å². The molecule has 1 atom stereocenters. The van der Waals surface area contributed by atoms with Gasteiger partial charge in [0.2, 0.25) is 0 Å². The minimum atomic E-state index is -0.927. The first kappa shape index (κ1) is 14.1. The Kier molecular flexibility index (Phi) is 4.48. The van der Waals surface area contributed by atoms with Crippen LogP contribution in [0, 0.1) is 9.39 Å². The molecule has 0 heterocycles. The predicted octanol–water partition coefficient (Wildman–Crippen LogP) is 4.82. The third kappa shape index (κ3) is 2.79. The molecule has 0 spiro atoms. The molecule has 0 aliphatic carbocycles. The lowest BCUT2D eigenvalue weighted by atomic mass is 10.0. The first-order valence-corrected chi connectivity index (χ1v) is 6.91. The van der Waals surface area contributed by atoms with Crippen LogP contribution in [0.25, 0.3) is 0 Å². The second-order valence-corrected chi connectivity index (χ2v) is 5.66. The Morgan fingerprint density at radius 3 is 2.50 bits per heavy atom. The molecular weight excluding hydrogens is 389 g/mol. The predicted molar refractivity (Wildman–Crippen MR) is 79.6 cm³/mol. The Hall–Kier alpha value is -0.360. The number of hydrogen-bond donors (Lipinski definition) is 1. The second kappa shape index (κ2) is 5.74. The summed E-state index contributed by atoms with van der Waals surface area (Å²) >= 11 is 13.9. The maximum atomic E-state index is 13.0. The van der Waals surface area contributed by atoms with E-state index in [9.17, 15) is 9.50 Å². The van der Waals surface area contributed by atoms with Crippen molar-refractivity contribution in [3.8, 4) is 0 Å². The Morgan fingerprint density at radius 1 is 1.11 bits per heavy atom. The fourth-order valence-electron chi connectivity index (χ4n) is 1.62. The maximum absolute atomic E-state index is 13.0. The molecule has 2 aromatic carbocycles. The smallest absolute Gasteiger partial charge is 0.124 e. The van der Waals surface area contributed by atoms with Crippen molar-refractivity contribution in [3.63, 3.8) is 0 Å². The second-order valence-electron chi connectivity index (χ2n) is 3.71. The molecule has 0 amide bonds. The molecule has 1 unspecified atom stereocenters. The minimum absolute atomic E-state index is 0.312. The summed E-state index contributed by atoms with van der Waals surface area (Å²) in [6.45, 7) is 0. The van der Waals surface area contributed by atoms with E-state index in [4.69, 9.17) is 23.2 Å². The Bertz CT molecular complexity index is 589. The van der Waals surface area contributed by atoms with E-state index in [1.807, 2.05) is 22.6 Å². The fourth-order valence-corrected chi connectivity index (χ4v) is 2.81. The average molecular weight is 397 g/mol. The van der Waals surface area contributed by atoms with Crippen molar-refractivity contribution in [2.24, 2.45) is 0 Å². The summed E-state index contributed by atoms with van der Waals surface area (Å²) < 4.78 is 13.7. The molecule has 0 radical (unpaired) electrons. The van der Waals surface area contributed by atoms with Crippen LogP contribution in [0.3, 0.4) is 0 Å². The van der Waals surface area contributed by atoms with Crippen LogP contribution in [0.1, 0.15) is 17.2 Å². The number of aliphatic hydroxyl groups is 1. The summed E-state index contributed by atoms with van der Waals surface area (Å²) in [6.07, 6.45) is -0.927. The van der Waals surface area contributed by atoms with E-state index in [-0.39, 0.29) is 5.82 Å². The molecule has 1 N–H and O–H groups in total. The van der Waals surface area contributed by atoms with Gasteiger partial charge in [0, 0.05) is 9.13 Å². The number of rotatable bonds is 2. The van der Waals surface area contributed by atoms with Crippen molar-refractivity contribution in [1.29, 1.82) is 0 Å². The first-order chi connectivity index (χ1) is 8.50. The standard InChI is InChI=1S/C13H8Cl2FIO/c14-10-3-1-2-9(12(10)15)13(18)8-5-4-7(16)6-11(8)17/h1-6,13,18H. The van der Waals surface area contributed by atoms with E-state index in [1.54, 1.807) is 24.3 Å². The molecule has 0 bridgehead atoms. The monoisotopic (exact) mass is 396 g/mol. The lowest BCUT2D eigenvalue weighted by Gasteiger charge is -2.15. The summed E-state index contributed by atoms with van der Waals surface area (Å²) in [4.78, 5) is 0. The summed E-state index contributed by atoms with van der Waals surface area (Å²) in [5, 5.41) is 11.0. The molecule has 0 aliphatic rings. The molecular formula is C13H8Cl2FIO. The molecule has 0 aromatic heterocycles. The van der Waals surface area contributed by atoms with E-state index >= 15 is 0 Å². The Morgan fingerprint density at radius 2 is 1.83 bits per heavy atom. The van der Waals surface area contributed by atoms with Gasteiger partial charge >= 0.3 is 0 Å². The Balaban J connectivity index is 2.48. The number of hydrogen-bond acceptors (Lipinski definition) is 1. The molecule has 0 aliphatic heterocycles. The molecule has 0 fully saturated rings. The van der Waals surface area contributed by atoms with Crippen LogP contribution in [0.5, 0.6) is 0 Å². The highest BCUT2D eigenvalue weighted by atomic mass is 127. The number of benzene rings is 2. The lowest BCUT2D eigenvalue weighted by Crippen LogP contribution is -2.03. The quantitative estimate of drug-likeness (QED) is 0.721. The number of aliphatic hydroxyl groups excluding tert-OH is 1. The maximum Gasteiger partial charge on any atom is 0.124 e. The summed E-state index contributed by atoms with van der Waals surface area (Å²) in [5.74, 6) is -0.340. The van der Waals surface area contributed by atoms with E-state index in [1.165, 1.54) is 12.1 Å². The fraction of sp³-hybridized carbons (Fsp3) is 0.0769. The van der Waals surface area contributed by atoms with Crippen LogP contribution in [0.4, 0.5) is 4.39 Å². The van der Waals surface area contributed by atoms with E-state index < -0.39 is 6.10 Å². The molecule has 0 saturated heterocycles. The summed E-state index contributed by atoms with van der Waals surface area (Å²) in [7, 11) is 0. The van der Waals surface area contributed by atoms with Crippen molar-refractivity contribution in [2.45, 2.75) is 6.10 Å². The topological polar surface area (TPSA) is 20.2 Å². The van der Waals surface area contributed by atoms with Crippen LogP contribution in [-0.2, 0) is 0 Å². The molecule has 18 heavy (non-hydrogen) atoms. The van der Waals surface area contributed by atoms with Gasteiger partial charge in [-0.3, -0.25) is 0 Å². The third-order valence-corrected chi connectivity index (χ3v) is 4.30. The van der Waals surface area contributed by atoms with Crippen LogP contribution >= 0.6 is 45.8 Å². The van der Waals surface area contributed by atoms with Crippen molar-refractivity contribution >= 4 is 45.8 Å². The van der Waals surface area contributed by atoms with Gasteiger partial charge in [-0.2, -0.15) is 0 Å². The van der Waals surface area contributed by atoms with Crippen LogP contribution in [0.2, 0.25) is 10.0 Å².